The minimum atomic E-state index is -0.215. The molecule has 0 bridgehead atoms. The van der Waals surface area contributed by atoms with Crippen LogP contribution in [-0.2, 0) is 9.53 Å². The summed E-state index contributed by atoms with van der Waals surface area (Å²) in [5.74, 6) is 0.154. The number of amides is 1. The van der Waals surface area contributed by atoms with Crippen molar-refractivity contribution in [2.75, 3.05) is 18.9 Å². The van der Waals surface area contributed by atoms with Crippen molar-refractivity contribution in [3.63, 3.8) is 0 Å². The Bertz CT molecular complexity index is 457. The van der Waals surface area contributed by atoms with Crippen LogP contribution in [0.2, 0.25) is 0 Å². The second kappa shape index (κ2) is 6.55. The lowest BCUT2D eigenvalue weighted by atomic mass is 10.2. The number of carbonyl (C=O) groups excluding carboxylic acids is 1. The normalized spacial score (nSPS) is 18.8. The highest BCUT2D eigenvalue weighted by Crippen LogP contribution is 2.11. The maximum atomic E-state index is 11.6. The maximum absolute atomic E-state index is 11.6. The molecule has 2 heterocycles. The largest absolute Gasteiger partial charge is 0.376 e. The Kier molecular flexibility index (Phi) is 4.77. The van der Waals surface area contributed by atoms with Gasteiger partial charge in [0.25, 0.3) is 5.56 Å². The van der Waals surface area contributed by atoms with Gasteiger partial charge < -0.3 is 15.0 Å². The van der Waals surface area contributed by atoms with Crippen LogP contribution in [0.1, 0.15) is 12.8 Å². The lowest BCUT2D eigenvalue weighted by Crippen LogP contribution is -2.32. The molecular formula is C11H15N3O3S. The summed E-state index contributed by atoms with van der Waals surface area (Å²) in [4.78, 5) is 29.1. The minimum absolute atomic E-state index is 0.0815. The van der Waals surface area contributed by atoms with Crippen molar-refractivity contribution >= 4 is 17.7 Å². The molecule has 0 saturated carbocycles. The van der Waals surface area contributed by atoms with E-state index in [9.17, 15) is 9.59 Å². The molecule has 0 spiro atoms. The number of aromatic nitrogens is 2. The fourth-order valence-corrected chi connectivity index (χ4v) is 2.32. The number of thioether (sulfide) groups is 1. The highest BCUT2D eigenvalue weighted by molar-refractivity contribution is 7.99. The number of aromatic amines is 1. The summed E-state index contributed by atoms with van der Waals surface area (Å²) in [6.45, 7) is 1.34. The topological polar surface area (TPSA) is 84.1 Å². The molecule has 0 unspecified atom stereocenters. The van der Waals surface area contributed by atoms with Gasteiger partial charge in [-0.15, -0.1) is 0 Å². The van der Waals surface area contributed by atoms with Crippen molar-refractivity contribution in [2.45, 2.75) is 24.1 Å². The molecule has 6 nitrogen and oxygen atoms in total. The molecule has 2 N–H and O–H groups in total. The van der Waals surface area contributed by atoms with Crippen molar-refractivity contribution in [3.05, 3.63) is 22.6 Å². The Labute approximate surface area is 109 Å². The van der Waals surface area contributed by atoms with Gasteiger partial charge in [-0.25, -0.2) is 4.98 Å². The summed E-state index contributed by atoms with van der Waals surface area (Å²) < 4.78 is 5.40. The SMILES string of the molecule is O=C(CSc1nccc(=O)[nH]1)NC[C@H]1CCCO1. The van der Waals surface area contributed by atoms with Crippen LogP contribution in [0.3, 0.4) is 0 Å². The molecule has 1 atom stereocenters. The van der Waals surface area contributed by atoms with Gasteiger partial charge in [0, 0.05) is 25.4 Å². The van der Waals surface area contributed by atoms with Gasteiger partial charge in [0.1, 0.15) is 0 Å². The van der Waals surface area contributed by atoms with Crippen molar-refractivity contribution in [2.24, 2.45) is 0 Å². The number of carbonyl (C=O) groups is 1. The third kappa shape index (κ3) is 4.15. The first kappa shape index (κ1) is 13.1. The number of H-pyrrole nitrogens is 1. The lowest BCUT2D eigenvalue weighted by Gasteiger charge is -2.10. The zero-order chi connectivity index (χ0) is 12.8. The van der Waals surface area contributed by atoms with Gasteiger partial charge in [-0.2, -0.15) is 0 Å². The molecular weight excluding hydrogens is 254 g/mol. The predicted molar refractivity (Wildman–Crippen MR) is 67.6 cm³/mol. The fraction of sp³-hybridized carbons (Fsp3) is 0.545. The number of hydrogen-bond acceptors (Lipinski definition) is 5. The molecule has 1 saturated heterocycles. The zero-order valence-electron chi connectivity index (χ0n) is 9.85. The number of hydrogen-bond donors (Lipinski definition) is 2. The average molecular weight is 269 g/mol. The molecule has 2 rings (SSSR count). The molecule has 1 aromatic heterocycles. The van der Waals surface area contributed by atoms with E-state index in [1.165, 1.54) is 24.0 Å². The van der Waals surface area contributed by atoms with Crippen LogP contribution in [-0.4, -0.2) is 40.9 Å². The number of nitrogens with one attached hydrogen (secondary N) is 2. The van der Waals surface area contributed by atoms with Crippen LogP contribution in [0.15, 0.2) is 22.2 Å². The van der Waals surface area contributed by atoms with Crippen LogP contribution in [0, 0.1) is 0 Å². The molecule has 1 aromatic rings. The smallest absolute Gasteiger partial charge is 0.251 e. The Balaban J connectivity index is 1.69. The Morgan fingerprint density at radius 1 is 1.67 bits per heavy atom. The van der Waals surface area contributed by atoms with E-state index in [-0.39, 0.29) is 23.3 Å². The van der Waals surface area contributed by atoms with E-state index in [0.29, 0.717) is 11.7 Å². The first-order chi connectivity index (χ1) is 8.74. The van der Waals surface area contributed by atoms with Crippen molar-refractivity contribution in [1.29, 1.82) is 0 Å². The Morgan fingerprint density at radius 2 is 2.56 bits per heavy atom. The molecule has 1 aliphatic heterocycles. The number of rotatable bonds is 5. The summed E-state index contributed by atoms with van der Waals surface area (Å²) in [6, 6.07) is 1.33. The second-order valence-corrected chi connectivity index (χ2v) is 4.93. The second-order valence-electron chi connectivity index (χ2n) is 3.97. The van der Waals surface area contributed by atoms with E-state index in [1.54, 1.807) is 0 Å². The van der Waals surface area contributed by atoms with Gasteiger partial charge in [0.05, 0.1) is 11.9 Å². The van der Waals surface area contributed by atoms with E-state index in [2.05, 4.69) is 15.3 Å². The molecule has 7 heteroatoms. The molecule has 0 aromatic carbocycles. The van der Waals surface area contributed by atoms with Gasteiger partial charge in [-0.1, -0.05) is 11.8 Å². The summed E-state index contributed by atoms with van der Waals surface area (Å²) in [7, 11) is 0. The quantitative estimate of drug-likeness (QED) is 0.587. The van der Waals surface area contributed by atoms with Crippen LogP contribution in [0.4, 0.5) is 0 Å². The molecule has 1 fully saturated rings. The summed E-state index contributed by atoms with van der Waals surface area (Å²) in [5.41, 5.74) is -0.215. The van der Waals surface area contributed by atoms with E-state index >= 15 is 0 Å². The number of nitrogens with zero attached hydrogens (tertiary/aromatic N) is 1. The van der Waals surface area contributed by atoms with E-state index in [4.69, 9.17) is 4.74 Å². The molecule has 0 aliphatic carbocycles. The predicted octanol–water partition coefficient (Wildman–Crippen LogP) is 0.157. The van der Waals surface area contributed by atoms with Crippen molar-refractivity contribution < 1.29 is 9.53 Å². The van der Waals surface area contributed by atoms with E-state index in [1.807, 2.05) is 0 Å². The van der Waals surface area contributed by atoms with Crippen molar-refractivity contribution in [1.82, 2.24) is 15.3 Å². The van der Waals surface area contributed by atoms with Gasteiger partial charge in [-0.3, -0.25) is 9.59 Å². The third-order valence-electron chi connectivity index (χ3n) is 2.54. The highest BCUT2D eigenvalue weighted by atomic mass is 32.2. The summed E-state index contributed by atoms with van der Waals surface area (Å²) in [6.07, 6.45) is 3.63. The number of ether oxygens (including phenoxy) is 1. The van der Waals surface area contributed by atoms with E-state index < -0.39 is 0 Å². The van der Waals surface area contributed by atoms with Gasteiger partial charge >= 0.3 is 0 Å². The first-order valence-electron chi connectivity index (χ1n) is 5.80. The monoisotopic (exact) mass is 269 g/mol. The van der Waals surface area contributed by atoms with E-state index in [0.717, 1.165) is 19.4 Å². The third-order valence-corrected chi connectivity index (χ3v) is 3.43. The Morgan fingerprint density at radius 3 is 3.28 bits per heavy atom. The lowest BCUT2D eigenvalue weighted by molar-refractivity contribution is -0.119. The average Bonchev–Trinajstić information content (AvgIpc) is 2.87. The van der Waals surface area contributed by atoms with Gasteiger partial charge in [-0.05, 0) is 12.8 Å². The minimum Gasteiger partial charge on any atom is -0.376 e. The molecule has 1 aliphatic rings. The molecule has 18 heavy (non-hydrogen) atoms. The van der Waals surface area contributed by atoms with Crippen LogP contribution >= 0.6 is 11.8 Å². The van der Waals surface area contributed by atoms with Crippen LogP contribution in [0.25, 0.3) is 0 Å². The summed E-state index contributed by atoms with van der Waals surface area (Å²) in [5, 5.41) is 3.26. The molecule has 0 radical (unpaired) electrons. The van der Waals surface area contributed by atoms with Crippen LogP contribution < -0.4 is 10.9 Å². The maximum Gasteiger partial charge on any atom is 0.251 e. The Hall–Kier alpha value is -1.34. The zero-order valence-corrected chi connectivity index (χ0v) is 10.7. The standard InChI is InChI=1S/C11H15N3O3S/c15-9-3-4-12-11(14-9)18-7-10(16)13-6-8-2-1-5-17-8/h3-4,8H,1-2,5-7H2,(H,13,16)(H,12,14,15)/t8-/m1/s1. The summed E-state index contributed by atoms with van der Waals surface area (Å²) >= 11 is 1.21. The fourth-order valence-electron chi connectivity index (χ4n) is 1.64. The molecule has 98 valence electrons. The van der Waals surface area contributed by atoms with Crippen molar-refractivity contribution in [3.8, 4) is 0 Å². The van der Waals surface area contributed by atoms with Gasteiger partial charge in [0.2, 0.25) is 5.91 Å². The van der Waals surface area contributed by atoms with Gasteiger partial charge in [0.15, 0.2) is 5.16 Å². The molecule has 1 amide bonds. The van der Waals surface area contributed by atoms with Crippen LogP contribution in [0.5, 0.6) is 0 Å². The highest BCUT2D eigenvalue weighted by Gasteiger charge is 2.16. The first-order valence-corrected chi connectivity index (χ1v) is 6.79.